The van der Waals surface area contributed by atoms with Crippen LogP contribution in [0.25, 0.3) is 0 Å². The Hall–Kier alpha value is -1.10. The van der Waals surface area contributed by atoms with Crippen LogP contribution in [0.1, 0.15) is 0 Å². The summed E-state index contributed by atoms with van der Waals surface area (Å²) in [7, 11) is 0. The van der Waals surface area contributed by atoms with Gasteiger partial charge >= 0.3 is 6.03 Å². The number of carbonyl (C=O) groups is 2. The SMILES string of the molecule is NCCNC(=O)NC=O. The molecule has 0 saturated heterocycles. The molecule has 0 rings (SSSR count). The average molecular weight is 131 g/mol. The molecule has 0 atom stereocenters. The molecule has 0 aromatic heterocycles. The zero-order valence-electron chi connectivity index (χ0n) is 4.89. The summed E-state index contributed by atoms with van der Waals surface area (Å²) in [6.45, 7) is 0.742. The van der Waals surface area contributed by atoms with Crippen LogP contribution in [0, 0.1) is 0 Å². The number of hydrogen-bond donors (Lipinski definition) is 3. The number of urea groups is 1. The summed E-state index contributed by atoms with van der Waals surface area (Å²) in [5.74, 6) is 0. The Labute approximate surface area is 52.6 Å². The van der Waals surface area contributed by atoms with Crippen molar-refractivity contribution >= 4 is 12.4 Å². The summed E-state index contributed by atoms with van der Waals surface area (Å²) in [5, 5.41) is 4.22. The maximum atomic E-state index is 10.3. The third-order valence-electron chi connectivity index (χ3n) is 0.620. The Morgan fingerprint density at radius 1 is 1.67 bits per heavy atom. The van der Waals surface area contributed by atoms with Crippen molar-refractivity contribution in [3.05, 3.63) is 0 Å². The van der Waals surface area contributed by atoms with Crippen molar-refractivity contribution in [3.63, 3.8) is 0 Å². The van der Waals surface area contributed by atoms with Crippen molar-refractivity contribution in [2.75, 3.05) is 13.1 Å². The van der Waals surface area contributed by atoms with Gasteiger partial charge in [-0.15, -0.1) is 0 Å². The molecule has 0 heterocycles. The molecule has 0 aliphatic carbocycles. The largest absolute Gasteiger partial charge is 0.337 e. The van der Waals surface area contributed by atoms with E-state index in [9.17, 15) is 9.59 Å². The van der Waals surface area contributed by atoms with Crippen LogP contribution in [0.4, 0.5) is 4.79 Å². The standard InChI is InChI=1S/C4H9N3O2/c5-1-2-6-4(9)7-3-8/h3H,1-2,5H2,(H2,6,7,8,9). The Morgan fingerprint density at radius 2 is 2.33 bits per heavy atom. The number of hydrogen-bond acceptors (Lipinski definition) is 3. The Morgan fingerprint density at radius 3 is 2.78 bits per heavy atom. The summed E-state index contributed by atoms with van der Waals surface area (Å²) in [4.78, 5) is 19.9. The minimum Gasteiger partial charge on any atom is -0.337 e. The van der Waals surface area contributed by atoms with Gasteiger partial charge in [0.2, 0.25) is 6.41 Å². The summed E-state index contributed by atoms with van der Waals surface area (Å²) >= 11 is 0. The Bertz CT molecular complexity index is 104. The summed E-state index contributed by atoms with van der Waals surface area (Å²) in [5.41, 5.74) is 5.04. The molecular formula is C4H9N3O2. The van der Waals surface area contributed by atoms with Gasteiger partial charge < -0.3 is 11.1 Å². The first-order chi connectivity index (χ1) is 4.31. The second-order valence-electron chi connectivity index (χ2n) is 1.31. The Balaban J connectivity index is 3.16. The number of imide groups is 1. The third kappa shape index (κ3) is 4.76. The highest BCUT2D eigenvalue weighted by Crippen LogP contribution is 1.57. The maximum absolute atomic E-state index is 10.3. The van der Waals surface area contributed by atoms with Crippen molar-refractivity contribution in [3.8, 4) is 0 Å². The normalized spacial score (nSPS) is 8.11. The van der Waals surface area contributed by atoms with Gasteiger partial charge in [0.25, 0.3) is 0 Å². The molecule has 0 saturated carbocycles. The van der Waals surface area contributed by atoms with Crippen LogP contribution >= 0.6 is 0 Å². The Kier molecular flexibility index (Phi) is 4.43. The van der Waals surface area contributed by atoms with Crippen LogP contribution in [-0.2, 0) is 4.79 Å². The van der Waals surface area contributed by atoms with Crippen LogP contribution in [-0.4, -0.2) is 25.5 Å². The maximum Gasteiger partial charge on any atom is 0.321 e. The lowest BCUT2D eigenvalue weighted by atomic mass is 10.6. The van der Waals surface area contributed by atoms with Crippen LogP contribution in [0.5, 0.6) is 0 Å². The van der Waals surface area contributed by atoms with Crippen molar-refractivity contribution < 1.29 is 9.59 Å². The molecule has 3 amide bonds. The predicted molar refractivity (Wildman–Crippen MR) is 31.7 cm³/mol. The van der Waals surface area contributed by atoms with E-state index in [2.05, 4.69) is 5.32 Å². The van der Waals surface area contributed by atoms with Gasteiger partial charge in [0.1, 0.15) is 0 Å². The van der Waals surface area contributed by atoms with E-state index in [-0.39, 0.29) is 0 Å². The lowest BCUT2D eigenvalue weighted by Gasteiger charge is -1.98. The summed E-state index contributed by atoms with van der Waals surface area (Å²) < 4.78 is 0. The highest BCUT2D eigenvalue weighted by molar-refractivity contribution is 5.84. The third-order valence-corrected chi connectivity index (χ3v) is 0.620. The van der Waals surface area contributed by atoms with Gasteiger partial charge in [-0.1, -0.05) is 0 Å². The average Bonchev–Trinajstić information content (AvgIpc) is 1.85. The van der Waals surface area contributed by atoms with E-state index in [1.807, 2.05) is 5.32 Å². The van der Waals surface area contributed by atoms with Crippen molar-refractivity contribution in [2.24, 2.45) is 5.73 Å². The summed E-state index contributed by atoms with van der Waals surface area (Å²) in [6, 6.07) is -0.518. The fourth-order valence-electron chi connectivity index (χ4n) is 0.290. The molecule has 0 aromatic carbocycles. The predicted octanol–water partition coefficient (Wildman–Crippen LogP) is -1.60. The lowest BCUT2D eigenvalue weighted by molar-refractivity contribution is -0.108. The van der Waals surface area contributed by atoms with E-state index in [0.717, 1.165) is 0 Å². The first kappa shape index (κ1) is 7.90. The molecule has 52 valence electrons. The van der Waals surface area contributed by atoms with Crippen molar-refractivity contribution in [1.82, 2.24) is 10.6 Å². The quantitative estimate of drug-likeness (QED) is 0.403. The van der Waals surface area contributed by atoms with Crippen LogP contribution in [0.2, 0.25) is 0 Å². The first-order valence-electron chi connectivity index (χ1n) is 2.49. The van der Waals surface area contributed by atoms with E-state index in [4.69, 9.17) is 5.73 Å². The number of carbonyl (C=O) groups excluding carboxylic acids is 2. The van der Waals surface area contributed by atoms with Crippen molar-refractivity contribution in [2.45, 2.75) is 0 Å². The number of nitrogens with one attached hydrogen (secondary N) is 2. The molecule has 0 aliphatic rings. The van der Waals surface area contributed by atoms with Gasteiger partial charge in [-0.3, -0.25) is 10.1 Å². The molecule has 0 bridgehead atoms. The molecule has 0 radical (unpaired) electrons. The van der Waals surface area contributed by atoms with E-state index in [1.54, 1.807) is 0 Å². The van der Waals surface area contributed by atoms with E-state index >= 15 is 0 Å². The highest BCUT2D eigenvalue weighted by Gasteiger charge is 1.92. The summed E-state index contributed by atoms with van der Waals surface area (Å²) in [6.07, 6.45) is 0.311. The zero-order valence-corrected chi connectivity index (χ0v) is 4.89. The van der Waals surface area contributed by atoms with Gasteiger partial charge in [-0.05, 0) is 0 Å². The second kappa shape index (κ2) is 5.04. The molecule has 0 fully saturated rings. The molecule has 5 nitrogen and oxygen atoms in total. The molecule has 9 heavy (non-hydrogen) atoms. The molecule has 0 aromatic rings. The van der Waals surface area contributed by atoms with Gasteiger partial charge in [-0.25, -0.2) is 4.79 Å². The minimum atomic E-state index is -0.518. The first-order valence-corrected chi connectivity index (χ1v) is 2.49. The minimum absolute atomic E-state index is 0.311. The van der Waals surface area contributed by atoms with E-state index in [1.165, 1.54) is 0 Å². The number of amides is 3. The molecule has 0 spiro atoms. The monoisotopic (exact) mass is 131 g/mol. The molecule has 0 unspecified atom stereocenters. The molecule has 5 heteroatoms. The van der Waals surface area contributed by atoms with E-state index in [0.29, 0.717) is 19.5 Å². The smallest absolute Gasteiger partial charge is 0.321 e. The molecular weight excluding hydrogens is 122 g/mol. The van der Waals surface area contributed by atoms with Crippen LogP contribution < -0.4 is 16.4 Å². The highest BCUT2D eigenvalue weighted by atomic mass is 16.2. The van der Waals surface area contributed by atoms with Crippen molar-refractivity contribution in [1.29, 1.82) is 0 Å². The number of rotatable bonds is 3. The van der Waals surface area contributed by atoms with Crippen LogP contribution in [0.3, 0.4) is 0 Å². The van der Waals surface area contributed by atoms with Gasteiger partial charge in [0, 0.05) is 13.1 Å². The van der Waals surface area contributed by atoms with Gasteiger partial charge in [-0.2, -0.15) is 0 Å². The van der Waals surface area contributed by atoms with Gasteiger partial charge in [0.05, 0.1) is 0 Å². The molecule has 4 N–H and O–H groups in total. The number of nitrogens with two attached hydrogens (primary N) is 1. The van der Waals surface area contributed by atoms with Gasteiger partial charge in [0.15, 0.2) is 0 Å². The fraction of sp³-hybridized carbons (Fsp3) is 0.500. The van der Waals surface area contributed by atoms with E-state index < -0.39 is 6.03 Å². The fourth-order valence-corrected chi connectivity index (χ4v) is 0.290. The topological polar surface area (TPSA) is 84.2 Å². The lowest BCUT2D eigenvalue weighted by Crippen LogP contribution is -2.37. The second-order valence-corrected chi connectivity index (χ2v) is 1.31. The molecule has 0 aliphatic heterocycles. The van der Waals surface area contributed by atoms with Crippen LogP contribution in [0.15, 0.2) is 0 Å². The zero-order chi connectivity index (χ0) is 7.11.